The molecule has 0 aliphatic heterocycles. The summed E-state index contributed by atoms with van der Waals surface area (Å²) in [5, 5.41) is 3.06. The molecule has 3 heteroatoms. The van der Waals surface area contributed by atoms with Gasteiger partial charge in [0, 0.05) is 17.8 Å². The highest BCUT2D eigenvalue weighted by Gasteiger charge is 2.53. The van der Waals surface area contributed by atoms with Gasteiger partial charge in [-0.25, -0.2) is 0 Å². The predicted molar refractivity (Wildman–Crippen MR) is 67.6 cm³/mol. The summed E-state index contributed by atoms with van der Waals surface area (Å²) in [4.78, 5) is 11.9. The molecule has 2 aliphatic rings. The molecule has 2 fully saturated rings. The predicted octanol–water partition coefficient (Wildman–Crippen LogP) is 2.19. The van der Waals surface area contributed by atoms with Gasteiger partial charge in [-0.3, -0.25) is 4.79 Å². The van der Waals surface area contributed by atoms with Crippen molar-refractivity contribution in [3.8, 4) is 0 Å². The summed E-state index contributed by atoms with van der Waals surface area (Å²) in [6.45, 7) is 0.848. The molecule has 1 aromatic carbocycles. The summed E-state index contributed by atoms with van der Waals surface area (Å²) in [5.41, 5.74) is 7.45. The first-order valence-electron chi connectivity index (χ1n) is 6.33. The van der Waals surface area contributed by atoms with E-state index in [-0.39, 0.29) is 5.91 Å². The van der Waals surface area contributed by atoms with Gasteiger partial charge in [-0.2, -0.15) is 0 Å². The third kappa shape index (κ3) is 2.14. The van der Waals surface area contributed by atoms with E-state index in [9.17, 15) is 4.79 Å². The number of nitrogens with two attached hydrogens (primary N) is 1. The molecule has 0 bridgehead atoms. The number of carbonyl (C=O) groups excluding carboxylic acids is 1. The maximum atomic E-state index is 11.9. The highest BCUT2D eigenvalue weighted by atomic mass is 16.1. The Bertz CT molecular complexity index is 430. The van der Waals surface area contributed by atoms with E-state index in [0.717, 1.165) is 12.5 Å². The van der Waals surface area contributed by atoms with Gasteiger partial charge in [0.25, 0.3) is 5.91 Å². The molecule has 0 saturated heterocycles. The van der Waals surface area contributed by atoms with E-state index >= 15 is 0 Å². The molecule has 3 nitrogen and oxygen atoms in total. The summed E-state index contributed by atoms with van der Waals surface area (Å²) in [7, 11) is 0. The number of anilines is 1. The molecular weight excluding hydrogens is 212 g/mol. The average Bonchev–Trinajstić information content (AvgIpc) is 3.17. The van der Waals surface area contributed by atoms with Gasteiger partial charge in [-0.15, -0.1) is 0 Å². The Kier molecular flexibility index (Phi) is 2.35. The maximum absolute atomic E-state index is 11.9. The van der Waals surface area contributed by atoms with Crippen molar-refractivity contribution in [2.45, 2.75) is 25.7 Å². The van der Waals surface area contributed by atoms with E-state index in [1.54, 1.807) is 24.3 Å². The van der Waals surface area contributed by atoms with E-state index in [4.69, 9.17) is 5.73 Å². The van der Waals surface area contributed by atoms with Crippen molar-refractivity contribution < 1.29 is 4.79 Å². The molecule has 0 radical (unpaired) electrons. The van der Waals surface area contributed by atoms with Crippen LogP contribution in [-0.2, 0) is 0 Å². The minimum absolute atomic E-state index is 0.0249. The first-order chi connectivity index (χ1) is 8.20. The lowest BCUT2D eigenvalue weighted by atomic mass is 10.0. The Balaban J connectivity index is 1.58. The first kappa shape index (κ1) is 10.6. The largest absolute Gasteiger partial charge is 0.399 e. The molecule has 2 aliphatic carbocycles. The fourth-order valence-electron chi connectivity index (χ4n) is 2.58. The van der Waals surface area contributed by atoms with Crippen molar-refractivity contribution >= 4 is 11.6 Å². The SMILES string of the molecule is Nc1ccc(C(=O)NCC2(C3CC3)CC2)cc1. The fourth-order valence-corrected chi connectivity index (χ4v) is 2.58. The fraction of sp³-hybridized carbons (Fsp3) is 0.500. The van der Waals surface area contributed by atoms with Gasteiger partial charge in [0.15, 0.2) is 0 Å². The van der Waals surface area contributed by atoms with Crippen LogP contribution in [0.3, 0.4) is 0 Å². The molecule has 1 aromatic rings. The number of nitrogen functional groups attached to an aromatic ring is 1. The average molecular weight is 230 g/mol. The van der Waals surface area contributed by atoms with Crippen molar-refractivity contribution in [3.05, 3.63) is 29.8 Å². The topological polar surface area (TPSA) is 55.1 Å². The van der Waals surface area contributed by atoms with Gasteiger partial charge in [-0.05, 0) is 61.3 Å². The van der Waals surface area contributed by atoms with Gasteiger partial charge in [-0.1, -0.05) is 0 Å². The van der Waals surface area contributed by atoms with Crippen LogP contribution in [0.1, 0.15) is 36.0 Å². The molecule has 0 aromatic heterocycles. The van der Waals surface area contributed by atoms with E-state index in [2.05, 4.69) is 5.32 Å². The van der Waals surface area contributed by atoms with Gasteiger partial charge in [0.05, 0.1) is 0 Å². The molecule has 2 saturated carbocycles. The molecule has 0 unspecified atom stereocenters. The zero-order valence-electron chi connectivity index (χ0n) is 9.91. The molecule has 3 rings (SSSR count). The number of hydrogen-bond acceptors (Lipinski definition) is 2. The Morgan fingerprint density at radius 1 is 1.29 bits per heavy atom. The van der Waals surface area contributed by atoms with Crippen molar-refractivity contribution in [2.75, 3.05) is 12.3 Å². The van der Waals surface area contributed by atoms with Crippen LogP contribution in [0.4, 0.5) is 5.69 Å². The third-order valence-electron chi connectivity index (χ3n) is 4.11. The third-order valence-corrected chi connectivity index (χ3v) is 4.11. The summed E-state index contributed by atoms with van der Waals surface area (Å²) in [5.74, 6) is 0.908. The number of amides is 1. The van der Waals surface area contributed by atoms with Crippen LogP contribution in [0.2, 0.25) is 0 Å². The van der Waals surface area contributed by atoms with E-state index in [1.807, 2.05) is 0 Å². The lowest BCUT2D eigenvalue weighted by Gasteiger charge is -2.14. The smallest absolute Gasteiger partial charge is 0.251 e. The van der Waals surface area contributed by atoms with Crippen LogP contribution >= 0.6 is 0 Å². The van der Waals surface area contributed by atoms with Crippen molar-refractivity contribution in [1.29, 1.82) is 0 Å². The van der Waals surface area contributed by atoms with E-state index in [0.29, 0.717) is 16.7 Å². The van der Waals surface area contributed by atoms with Gasteiger partial charge >= 0.3 is 0 Å². The molecule has 17 heavy (non-hydrogen) atoms. The van der Waals surface area contributed by atoms with Gasteiger partial charge in [0.2, 0.25) is 0 Å². The zero-order valence-corrected chi connectivity index (χ0v) is 9.91. The van der Waals surface area contributed by atoms with Crippen molar-refractivity contribution in [1.82, 2.24) is 5.32 Å². The number of nitrogens with one attached hydrogen (secondary N) is 1. The van der Waals surface area contributed by atoms with Crippen LogP contribution in [0.15, 0.2) is 24.3 Å². The van der Waals surface area contributed by atoms with Gasteiger partial charge in [0.1, 0.15) is 0 Å². The molecule has 3 N–H and O–H groups in total. The Hall–Kier alpha value is -1.51. The summed E-state index contributed by atoms with van der Waals surface area (Å²) >= 11 is 0. The minimum atomic E-state index is 0.0249. The van der Waals surface area contributed by atoms with Crippen LogP contribution in [0.25, 0.3) is 0 Å². The summed E-state index contributed by atoms with van der Waals surface area (Å²) in [6.07, 6.45) is 5.30. The molecule has 0 atom stereocenters. The van der Waals surface area contributed by atoms with Crippen molar-refractivity contribution in [3.63, 3.8) is 0 Å². The molecule has 1 amide bonds. The van der Waals surface area contributed by atoms with E-state index in [1.165, 1.54) is 25.7 Å². The Morgan fingerprint density at radius 3 is 2.47 bits per heavy atom. The number of benzene rings is 1. The number of carbonyl (C=O) groups is 1. The van der Waals surface area contributed by atoms with Crippen LogP contribution in [0, 0.1) is 11.3 Å². The minimum Gasteiger partial charge on any atom is -0.399 e. The molecular formula is C14H18N2O. The second-order valence-electron chi connectivity index (χ2n) is 5.44. The second kappa shape index (κ2) is 3.76. The second-order valence-corrected chi connectivity index (χ2v) is 5.44. The van der Waals surface area contributed by atoms with Crippen LogP contribution in [-0.4, -0.2) is 12.5 Å². The Labute approximate surface area is 101 Å². The standard InChI is InChI=1S/C14H18N2O/c15-12-5-1-10(2-6-12)13(17)16-9-14(7-8-14)11-3-4-11/h1-2,5-6,11H,3-4,7-9,15H2,(H,16,17). The number of rotatable bonds is 4. The normalized spacial score (nSPS) is 20.9. The summed E-state index contributed by atoms with van der Waals surface area (Å²) in [6, 6.07) is 7.09. The quantitative estimate of drug-likeness (QED) is 0.779. The number of hydrogen-bond donors (Lipinski definition) is 2. The van der Waals surface area contributed by atoms with Crippen LogP contribution in [0.5, 0.6) is 0 Å². The van der Waals surface area contributed by atoms with Crippen molar-refractivity contribution in [2.24, 2.45) is 11.3 Å². The highest BCUT2D eigenvalue weighted by Crippen LogP contribution is 2.60. The zero-order chi connectivity index (χ0) is 11.9. The van der Waals surface area contributed by atoms with Crippen LogP contribution < -0.4 is 11.1 Å². The first-order valence-corrected chi connectivity index (χ1v) is 6.33. The Morgan fingerprint density at radius 2 is 1.94 bits per heavy atom. The van der Waals surface area contributed by atoms with E-state index < -0.39 is 0 Å². The van der Waals surface area contributed by atoms with Gasteiger partial charge < -0.3 is 11.1 Å². The molecule has 0 heterocycles. The summed E-state index contributed by atoms with van der Waals surface area (Å²) < 4.78 is 0. The lowest BCUT2D eigenvalue weighted by Crippen LogP contribution is -2.31. The molecule has 0 spiro atoms. The lowest BCUT2D eigenvalue weighted by molar-refractivity contribution is 0.0942. The molecule has 90 valence electrons. The highest BCUT2D eigenvalue weighted by molar-refractivity contribution is 5.94. The monoisotopic (exact) mass is 230 g/mol. The maximum Gasteiger partial charge on any atom is 0.251 e.